The zero-order valence-electron chi connectivity index (χ0n) is 13.4. The molecule has 0 atom stereocenters. The van der Waals surface area contributed by atoms with E-state index in [9.17, 15) is 4.39 Å². The lowest BCUT2D eigenvalue weighted by Gasteiger charge is -2.19. The number of benzene rings is 2. The summed E-state index contributed by atoms with van der Waals surface area (Å²) < 4.78 is 24.3. The van der Waals surface area contributed by atoms with Gasteiger partial charge in [0.15, 0.2) is 0 Å². The summed E-state index contributed by atoms with van der Waals surface area (Å²) in [4.78, 5) is 3.73. The minimum atomic E-state index is -0.478. The molecule has 0 N–H and O–H groups in total. The lowest BCUT2D eigenvalue weighted by Crippen LogP contribution is -2.02. The highest BCUT2D eigenvalue weighted by molar-refractivity contribution is 5.96. The van der Waals surface area contributed by atoms with Gasteiger partial charge >= 0.3 is 0 Å². The van der Waals surface area contributed by atoms with Crippen molar-refractivity contribution in [3.05, 3.63) is 65.2 Å². The van der Waals surface area contributed by atoms with Gasteiger partial charge in [0.1, 0.15) is 11.5 Å². The third-order valence-electron chi connectivity index (χ3n) is 4.06. The summed E-state index contributed by atoms with van der Waals surface area (Å²) in [6.07, 6.45) is 2.15. The molecule has 0 amide bonds. The lowest BCUT2D eigenvalue weighted by molar-refractivity contribution is 0.404. The maximum atomic E-state index is 13.0. The number of pyridine rings is 1. The van der Waals surface area contributed by atoms with Crippen LogP contribution in [0.25, 0.3) is 10.8 Å². The van der Waals surface area contributed by atoms with Crippen LogP contribution in [-0.2, 0) is 6.42 Å². The number of rotatable bonds is 4. The molecular formula is C19H18FNO2. The minimum Gasteiger partial charge on any atom is -0.496 e. The van der Waals surface area contributed by atoms with Gasteiger partial charge in [0, 0.05) is 29.0 Å². The fourth-order valence-corrected chi connectivity index (χ4v) is 2.98. The van der Waals surface area contributed by atoms with Gasteiger partial charge in [-0.15, -0.1) is 0 Å². The first-order valence-electron chi connectivity index (χ1n) is 7.38. The standard InChI is InChI=1S/C19H18FNO2/c1-12-16(10-13-8-9-17(20)21-11-13)19(23-3)15-7-5-4-6-14(15)18(12)22-2/h4-9,11H,10H2,1-3H3. The molecule has 0 bridgehead atoms. The van der Waals surface area contributed by atoms with E-state index < -0.39 is 5.95 Å². The Bertz CT molecular complexity index is 844. The van der Waals surface area contributed by atoms with Crippen LogP contribution in [0.3, 0.4) is 0 Å². The number of nitrogens with zero attached hydrogens (tertiary/aromatic N) is 1. The number of hydrogen-bond acceptors (Lipinski definition) is 3. The molecule has 1 aromatic heterocycles. The van der Waals surface area contributed by atoms with E-state index in [1.54, 1.807) is 26.5 Å². The quantitative estimate of drug-likeness (QED) is 0.674. The molecule has 4 heteroatoms. The number of fused-ring (bicyclic) bond motifs is 1. The summed E-state index contributed by atoms with van der Waals surface area (Å²) in [6.45, 7) is 2.01. The largest absolute Gasteiger partial charge is 0.496 e. The predicted molar refractivity (Wildman–Crippen MR) is 88.8 cm³/mol. The average Bonchev–Trinajstić information content (AvgIpc) is 2.57. The molecule has 0 spiro atoms. The molecule has 0 radical (unpaired) electrons. The Balaban J connectivity index is 2.22. The van der Waals surface area contributed by atoms with Crippen molar-refractivity contribution in [3.8, 4) is 11.5 Å². The Hall–Kier alpha value is -2.62. The van der Waals surface area contributed by atoms with Gasteiger partial charge in [0.2, 0.25) is 5.95 Å². The number of methoxy groups -OCH3 is 2. The predicted octanol–water partition coefficient (Wildman–Crippen LogP) is 4.29. The maximum absolute atomic E-state index is 13.0. The highest BCUT2D eigenvalue weighted by Gasteiger charge is 2.18. The van der Waals surface area contributed by atoms with Crippen molar-refractivity contribution < 1.29 is 13.9 Å². The normalized spacial score (nSPS) is 10.8. The van der Waals surface area contributed by atoms with Crippen LogP contribution in [0, 0.1) is 12.9 Å². The minimum absolute atomic E-state index is 0.478. The second-order valence-electron chi connectivity index (χ2n) is 5.38. The van der Waals surface area contributed by atoms with Crippen LogP contribution in [0.15, 0.2) is 42.6 Å². The molecule has 0 unspecified atom stereocenters. The average molecular weight is 311 g/mol. The van der Waals surface area contributed by atoms with Crippen molar-refractivity contribution in [3.63, 3.8) is 0 Å². The van der Waals surface area contributed by atoms with E-state index in [0.717, 1.165) is 39.0 Å². The summed E-state index contributed by atoms with van der Waals surface area (Å²) in [7, 11) is 3.34. The van der Waals surface area contributed by atoms with Gasteiger partial charge in [-0.05, 0) is 24.1 Å². The first-order valence-corrected chi connectivity index (χ1v) is 7.38. The van der Waals surface area contributed by atoms with E-state index >= 15 is 0 Å². The van der Waals surface area contributed by atoms with Crippen LogP contribution in [0.2, 0.25) is 0 Å². The Morgan fingerprint density at radius 3 is 2.17 bits per heavy atom. The van der Waals surface area contributed by atoms with E-state index in [1.165, 1.54) is 6.07 Å². The molecule has 3 rings (SSSR count). The highest BCUT2D eigenvalue weighted by atomic mass is 19.1. The van der Waals surface area contributed by atoms with Crippen molar-refractivity contribution in [1.82, 2.24) is 4.98 Å². The smallest absolute Gasteiger partial charge is 0.212 e. The van der Waals surface area contributed by atoms with Crippen LogP contribution in [0.4, 0.5) is 4.39 Å². The molecule has 0 fully saturated rings. The second kappa shape index (κ2) is 6.24. The van der Waals surface area contributed by atoms with Crippen molar-refractivity contribution in [2.45, 2.75) is 13.3 Å². The third kappa shape index (κ3) is 2.72. The second-order valence-corrected chi connectivity index (χ2v) is 5.38. The van der Waals surface area contributed by atoms with E-state index in [2.05, 4.69) is 4.98 Å². The number of halogens is 1. The molecule has 3 nitrogen and oxygen atoms in total. The van der Waals surface area contributed by atoms with Gasteiger partial charge in [-0.25, -0.2) is 4.98 Å². The zero-order valence-corrected chi connectivity index (χ0v) is 13.4. The van der Waals surface area contributed by atoms with Gasteiger partial charge in [-0.2, -0.15) is 4.39 Å². The van der Waals surface area contributed by atoms with Gasteiger partial charge < -0.3 is 9.47 Å². The maximum Gasteiger partial charge on any atom is 0.212 e. The Morgan fingerprint density at radius 1 is 0.957 bits per heavy atom. The number of aromatic nitrogens is 1. The van der Waals surface area contributed by atoms with Crippen LogP contribution in [0.5, 0.6) is 11.5 Å². The van der Waals surface area contributed by atoms with Crippen LogP contribution in [-0.4, -0.2) is 19.2 Å². The third-order valence-corrected chi connectivity index (χ3v) is 4.06. The van der Waals surface area contributed by atoms with E-state index in [0.29, 0.717) is 6.42 Å². The van der Waals surface area contributed by atoms with E-state index in [-0.39, 0.29) is 0 Å². The van der Waals surface area contributed by atoms with Gasteiger partial charge in [0.05, 0.1) is 14.2 Å². The molecule has 0 aliphatic carbocycles. The van der Waals surface area contributed by atoms with Crippen molar-refractivity contribution in [1.29, 1.82) is 0 Å². The van der Waals surface area contributed by atoms with Gasteiger partial charge in [-0.3, -0.25) is 0 Å². The first kappa shape index (κ1) is 15.3. The Morgan fingerprint density at radius 2 is 1.61 bits per heavy atom. The van der Waals surface area contributed by atoms with Crippen LogP contribution in [0.1, 0.15) is 16.7 Å². The Kier molecular flexibility index (Phi) is 4.15. The molecule has 0 aliphatic heterocycles. The van der Waals surface area contributed by atoms with Crippen LogP contribution >= 0.6 is 0 Å². The molecule has 1 heterocycles. The number of hydrogen-bond donors (Lipinski definition) is 0. The zero-order chi connectivity index (χ0) is 16.4. The Labute approximate surface area is 134 Å². The molecule has 0 aliphatic rings. The summed E-state index contributed by atoms with van der Waals surface area (Å²) in [5.41, 5.74) is 2.97. The van der Waals surface area contributed by atoms with Crippen molar-refractivity contribution in [2.75, 3.05) is 14.2 Å². The lowest BCUT2D eigenvalue weighted by atomic mass is 9.94. The number of ether oxygens (including phenoxy) is 2. The van der Waals surface area contributed by atoms with Gasteiger partial charge in [0.25, 0.3) is 0 Å². The van der Waals surface area contributed by atoms with E-state index in [4.69, 9.17) is 9.47 Å². The topological polar surface area (TPSA) is 31.4 Å². The molecule has 118 valence electrons. The fourth-order valence-electron chi connectivity index (χ4n) is 2.98. The molecule has 0 saturated carbocycles. The SMILES string of the molecule is COc1c(C)c(Cc2ccc(F)nc2)c(OC)c2ccccc12. The summed E-state index contributed by atoms with van der Waals surface area (Å²) >= 11 is 0. The van der Waals surface area contributed by atoms with Crippen molar-refractivity contribution in [2.24, 2.45) is 0 Å². The molecule has 0 saturated heterocycles. The van der Waals surface area contributed by atoms with Gasteiger partial charge in [-0.1, -0.05) is 30.3 Å². The molecule has 3 aromatic rings. The fraction of sp³-hybridized carbons (Fsp3) is 0.211. The monoisotopic (exact) mass is 311 g/mol. The molecule has 23 heavy (non-hydrogen) atoms. The molecular weight excluding hydrogens is 293 g/mol. The summed E-state index contributed by atoms with van der Waals surface area (Å²) in [5.74, 6) is 1.18. The van der Waals surface area contributed by atoms with E-state index in [1.807, 2.05) is 31.2 Å². The summed E-state index contributed by atoms with van der Waals surface area (Å²) in [6, 6.07) is 11.1. The summed E-state index contributed by atoms with van der Waals surface area (Å²) in [5, 5.41) is 2.02. The molecule has 2 aromatic carbocycles. The van der Waals surface area contributed by atoms with Crippen LogP contribution < -0.4 is 9.47 Å². The highest BCUT2D eigenvalue weighted by Crippen LogP contribution is 2.41. The first-order chi connectivity index (χ1) is 11.2. The van der Waals surface area contributed by atoms with Crippen molar-refractivity contribution >= 4 is 10.8 Å².